The number of hydrogen-bond donors (Lipinski definition) is 0. The number of rotatable bonds is 6. The maximum Gasteiger partial charge on any atom is 0.276 e. The molecule has 154 valence electrons. The van der Waals surface area contributed by atoms with Crippen molar-refractivity contribution in [3.05, 3.63) is 53.9 Å². The average molecular weight is 394 g/mol. The summed E-state index contributed by atoms with van der Waals surface area (Å²) in [5.74, 6) is 0.695. The Bertz CT molecular complexity index is 802. The highest BCUT2D eigenvalue weighted by molar-refractivity contribution is 5.92. The van der Waals surface area contributed by atoms with Crippen LogP contribution in [-0.2, 0) is 6.54 Å². The fourth-order valence-corrected chi connectivity index (χ4v) is 4.32. The fourth-order valence-electron chi connectivity index (χ4n) is 4.32. The summed E-state index contributed by atoms with van der Waals surface area (Å²) in [6, 6.07) is 10.3. The highest BCUT2D eigenvalue weighted by Gasteiger charge is 2.24. The molecule has 0 unspecified atom stereocenters. The van der Waals surface area contributed by atoms with Gasteiger partial charge < -0.3 is 4.90 Å². The summed E-state index contributed by atoms with van der Waals surface area (Å²) in [5.41, 5.74) is 1.70. The molecule has 0 bridgehead atoms. The van der Waals surface area contributed by atoms with E-state index in [1.165, 1.54) is 37.7 Å². The van der Waals surface area contributed by atoms with E-state index in [-0.39, 0.29) is 5.91 Å². The second kappa shape index (κ2) is 9.83. The Kier molecular flexibility index (Phi) is 6.72. The molecule has 2 aliphatic rings. The summed E-state index contributed by atoms with van der Waals surface area (Å²) in [7, 11) is 0. The zero-order chi connectivity index (χ0) is 19.9. The van der Waals surface area contributed by atoms with E-state index in [4.69, 9.17) is 0 Å². The van der Waals surface area contributed by atoms with Crippen LogP contribution in [0.25, 0.3) is 6.08 Å². The molecule has 2 fully saturated rings. The normalized spacial score (nSPS) is 19.1. The molecule has 1 aliphatic carbocycles. The molecule has 1 aliphatic heterocycles. The third-order valence-corrected chi connectivity index (χ3v) is 6.06. The van der Waals surface area contributed by atoms with Crippen LogP contribution in [0.2, 0.25) is 0 Å². The van der Waals surface area contributed by atoms with Crippen molar-refractivity contribution in [2.75, 3.05) is 32.7 Å². The van der Waals surface area contributed by atoms with Crippen molar-refractivity contribution in [3.63, 3.8) is 0 Å². The number of aromatic nitrogens is 3. The third-order valence-electron chi connectivity index (χ3n) is 6.06. The van der Waals surface area contributed by atoms with Gasteiger partial charge in [0.1, 0.15) is 0 Å². The molecular weight excluding hydrogens is 362 g/mol. The van der Waals surface area contributed by atoms with Crippen LogP contribution in [0.1, 0.15) is 48.2 Å². The van der Waals surface area contributed by atoms with Gasteiger partial charge in [-0.15, -0.1) is 5.10 Å². The van der Waals surface area contributed by atoms with E-state index in [9.17, 15) is 4.79 Å². The van der Waals surface area contributed by atoms with E-state index in [0.29, 0.717) is 11.6 Å². The maximum absolute atomic E-state index is 12.8. The largest absolute Gasteiger partial charge is 0.335 e. The van der Waals surface area contributed by atoms with Gasteiger partial charge in [0.15, 0.2) is 5.69 Å². The highest BCUT2D eigenvalue weighted by Crippen LogP contribution is 2.24. The summed E-state index contributed by atoms with van der Waals surface area (Å²) in [6.07, 6.45) is 12.7. The second-order valence-corrected chi connectivity index (χ2v) is 8.24. The van der Waals surface area contributed by atoms with Crippen molar-refractivity contribution < 1.29 is 4.79 Å². The van der Waals surface area contributed by atoms with Crippen LogP contribution in [0, 0.1) is 5.92 Å². The van der Waals surface area contributed by atoms with E-state index in [0.717, 1.165) is 39.3 Å². The zero-order valence-electron chi connectivity index (χ0n) is 17.1. The van der Waals surface area contributed by atoms with Gasteiger partial charge in [0.2, 0.25) is 0 Å². The number of piperazine rings is 1. The molecule has 1 amide bonds. The number of amides is 1. The van der Waals surface area contributed by atoms with Crippen molar-refractivity contribution in [1.82, 2.24) is 24.8 Å². The predicted octanol–water partition coefficient (Wildman–Crippen LogP) is 3.33. The second-order valence-electron chi connectivity index (χ2n) is 8.24. The molecule has 6 heteroatoms. The van der Waals surface area contributed by atoms with Gasteiger partial charge in [0.25, 0.3) is 5.91 Å². The van der Waals surface area contributed by atoms with Crippen LogP contribution in [0.5, 0.6) is 0 Å². The van der Waals surface area contributed by atoms with Gasteiger partial charge in [0.05, 0.1) is 6.20 Å². The molecule has 2 heterocycles. The van der Waals surface area contributed by atoms with E-state index < -0.39 is 0 Å². The molecule has 0 N–H and O–H groups in total. The van der Waals surface area contributed by atoms with Gasteiger partial charge >= 0.3 is 0 Å². The van der Waals surface area contributed by atoms with E-state index in [1.807, 2.05) is 21.8 Å². The van der Waals surface area contributed by atoms with Gasteiger partial charge in [0, 0.05) is 39.3 Å². The Morgan fingerprint density at radius 3 is 2.55 bits per heavy atom. The molecule has 6 nitrogen and oxygen atoms in total. The Hall–Kier alpha value is -2.47. The molecule has 1 saturated carbocycles. The van der Waals surface area contributed by atoms with Crippen LogP contribution in [0.15, 0.2) is 42.6 Å². The summed E-state index contributed by atoms with van der Waals surface area (Å²) in [6.45, 7) is 5.07. The molecule has 0 spiro atoms. The lowest BCUT2D eigenvalue weighted by Gasteiger charge is -2.33. The van der Waals surface area contributed by atoms with Crippen molar-refractivity contribution in [2.24, 2.45) is 5.92 Å². The monoisotopic (exact) mass is 393 g/mol. The number of carbonyl (C=O) groups is 1. The lowest BCUT2D eigenvalue weighted by Crippen LogP contribution is -2.48. The SMILES string of the molecule is O=C(c1cn(CC2CCCCC2)nn1)N1CCN(CC=Cc2ccccc2)CC1. The quantitative estimate of drug-likeness (QED) is 0.755. The Morgan fingerprint density at radius 1 is 1.03 bits per heavy atom. The Morgan fingerprint density at radius 2 is 1.79 bits per heavy atom. The molecule has 4 rings (SSSR count). The standard InChI is InChI=1S/C23H31N5O/c29-23(22-19-28(25-24-22)18-21-10-5-2-6-11-21)27-16-14-26(15-17-27)13-7-12-20-8-3-1-4-9-20/h1,3-4,7-9,12,19,21H,2,5-6,10-11,13-18H2. The van der Waals surface area contributed by atoms with Crippen molar-refractivity contribution in [2.45, 2.75) is 38.6 Å². The molecule has 1 saturated heterocycles. The van der Waals surface area contributed by atoms with Gasteiger partial charge in [-0.25, -0.2) is 0 Å². The molecule has 29 heavy (non-hydrogen) atoms. The van der Waals surface area contributed by atoms with E-state index >= 15 is 0 Å². The first-order valence-electron chi connectivity index (χ1n) is 10.9. The summed E-state index contributed by atoms with van der Waals surface area (Å²) < 4.78 is 1.87. The zero-order valence-corrected chi connectivity index (χ0v) is 17.1. The minimum atomic E-state index is 0.0133. The number of carbonyl (C=O) groups excluding carboxylic acids is 1. The van der Waals surface area contributed by atoms with Crippen molar-refractivity contribution in [3.8, 4) is 0 Å². The number of benzene rings is 1. The van der Waals surface area contributed by atoms with Crippen LogP contribution in [0.3, 0.4) is 0 Å². The van der Waals surface area contributed by atoms with Gasteiger partial charge in [-0.1, -0.05) is 67.0 Å². The first-order valence-corrected chi connectivity index (χ1v) is 10.9. The summed E-state index contributed by atoms with van der Waals surface area (Å²) >= 11 is 0. The van der Waals surface area contributed by atoms with E-state index in [1.54, 1.807) is 0 Å². The molecule has 1 aromatic heterocycles. The summed E-state index contributed by atoms with van der Waals surface area (Å²) in [5, 5.41) is 8.37. The molecule has 2 aromatic rings. The lowest BCUT2D eigenvalue weighted by atomic mass is 9.89. The predicted molar refractivity (Wildman–Crippen MR) is 114 cm³/mol. The van der Waals surface area contributed by atoms with E-state index in [2.05, 4.69) is 51.6 Å². The first-order chi connectivity index (χ1) is 14.3. The molecule has 0 atom stereocenters. The van der Waals surface area contributed by atoms with Gasteiger partial charge in [-0.3, -0.25) is 14.4 Å². The van der Waals surface area contributed by atoms with Crippen molar-refractivity contribution in [1.29, 1.82) is 0 Å². The Labute approximate surface area is 173 Å². The van der Waals surface area contributed by atoms with Crippen LogP contribution in [0.4, 0.5) is 0 Å². The number of hydrogen-bond acceptors (Lipinski definition) is 4. The number of nitrogens with zero attached hydrogens (tertiary/aromatic N) is 5. The van der Waals surface area contributed by atoms with Crippen LogP contribution in [-0.4, -0.2) is 63.4 Å². The van der Waals surface area contributed by atoms with Crippen LogP contribution >= 0.6 is 0 Å². The summed E-state index contributed by atoms with van der Waals surface area (Å²) in [4.78, 5) is 17.1. The highest BCUT2D eigenvalue weighted by atomic mass is 16.2. The lowest BCUT2D eigenvalue weighted by molar-refractivity contribution is 0.0644. The minimum absolute atomic E-state index is 0.0133. The third kappa shape index (κ3) is 5.54. The average Bonchev–Trinajstić information content (AvgIpc) is 3.24. The van der Waals surface area contributed by atoms with Gasteiger partial charge in [-0.2, -0.15) is 0 Å². The van der Waals surface area contributed by atoms with Crippen LogP contribution < -0.4 is 0 Å². The first kappa shape index (κ1) is 19.8. The maximum atomic E-state index is 12.8. The molecular formula is C23H31N5O. The fraction of sp³-hybridized carbons (Fsp3) is 0.522. The Balaban J connectivity index is 1.23. The van der Waals surface area contributed by atoms with Crippen molar-refractivity contribution >= 4 is 12.0 Å². The smallest absolute Gasteiger partial charge is 0.276 e. The molecule has 0 radical (unpaired) electrons. The van der Waals surface area contributed by atoms with Gasteiger partial charge in [-0.05, 0) is 24.3 Å². The minimum Gasteiger partial charge on any atom is -0.335 e. The molecule has 1 aromatic carbocycles. The topological polar surface area (TPSA) is 54.3 Å².